The largest absolute Gasteiger partial charge is 0.288 e. The third-order valence-electron chi connectivity index (χ3n) is 5.03. The molecule has 0 unspecified atom stereocenters. The average molecular weight is 408 g/mol. The number of hydrogen-bond donors (Lipinski definition) is 0. The van der Waals surface area contributed by atoms with E-state index in [-0.39, 0.29) is 22.4 Å². The molecule has 0 saturated heterocycles. The van der Waals surface area contributed by atoms with Gasteiger partial charge in [0.1, 0.15) is 11.0 Å². The van der Waals surface area contributed by atoms with E-state index in [1.165, 1.54) is 12.3 Å². The number of carbonyl (C=O) groups excluding carboxylic acids is 2. The highest BCUT2D eigenvalue weighted by molar-refractivity contribution is 7.00. The Balaban J connectivity index is 1.68. The summed E-state index contributed by atoms with van der Waals surface area (Å²) in [6, 6.07) is 1.49. The maximum absolute atomic E-state index is 13.5. The summed E-state index contributed by atoms with van der Waals surface area (Å²) in [6.07, 6.45) is 2.74. The second-order valence-corrected chi connectivity index (χ2v) is 7.26. The number of halogens is 2. The van der Waals surface area contributed by atoms with Gasteiger partial charge in [-0.05, 0) is 32.1 Å². The fourth-order valence-electron chi connectivity index (χ4n) is 3.51. The van der Waals surface area contributed by atoms with Crippen molar-refractivity contribution in [3.8, 4) is 0 Å². The Kier molecular flexibility index (Phi) is 3.66. The number of hydrogen-bond acceptors (Lipinski definition) is 7. The van der Waals surface area contributed by atoms with Crippen molar-refractivity contribution in [2.24, 2.45) is 0 Å². The van der Waals surface area contributed by atoms with E-state index < -0.39 is 23.2 Å². The molecule has 9 heteroatoms. The van der Waals surface area contributed by atoms with Crippen molar-refractivity contribution in [3.05, 3.63) is 63.5 Å². The van der Waals surface area contributed by atoms with Gasteiger partial charge in [0.05, 0.1) is 40.2 Å². The third kappa shape index (κ3) is 2.44. The first-order valence-corrected chi connectivity index (χ1v) is 9.28. The van der Waals surface area contributed by atoms with Gasteiger partial charge in [0.15, 0.2) is 23.2 Å². The lowest BCUT2D eigenvalue weighted by Gasteiger charge is -2.06. The molecule has 0 bridgehead atoms. The number of aryl methyl sites for hydroxylation is 2. The van der Waals surface area contributed by atoms with Gasteiger partial charge in [-0.3, -0.25) is 14.6 Å². The Bertz CT molecular complexity index is 1400. The summed E-state index contributed by atoms with van der Waals surface area (Å²) in [7, 11) is 0. The minimum atomic E-state index is -1.18. The number of Topliss-reactive ketones (excluding diaryl/α,β-unsaturated/α-hetero) is 2. The summed E-state index contributed by atoms with van der Waals surface area (Å²) in [5, 5.41) is 0. The lowest BCUT2D eigenvalue weighted by molar-refractivity contribution is 0.0990. The van der Waals surface area contributed by atoms with E-state index >= 15 is 0 Å². The van der Waals surface area contributed by atoms with E-state index in [1.54, 1.807) is 0 Å². The molecule has 142 valence electrons. The van der Waals surface area contributed by atoms with E-state index in [1.807, 2.05) is 13.8 Å². The fourth-order valence-corrected chi connectivity index (χ4v) is 4.16. The Morgan fingerprint density at radius 3 is 2.00 bits per heavy atom. The van der Waals surface area contributed by atoms with Gasteiger partial charge in [-0.15, -0.1) is 0 Å². The van der Waals surface area contributed by atoms with Gasteiger partial charge < -0.3 is 0 Å². The van der Waals surface area contributed by atoms with E-state index in [9.17, 15) is 18.4 Å². The summed E-state index contributed by atoms with van der Waals surface area (Å²) in [6.45, 7) is 3.73. The SMILES string of the molecule is Cc1c2ncc(C=C3C(=O)c4cc(F)c(F)cc4C3=O)nc2c(C)c2nsnc12. The normalized spacial score (nSPS) is 13.6. The van der Waals surface area contributed by atoms with Crippen molar-refractivity contribution in [1.82, 2.24) is 18.7 Å². The summed E-state index contributed by atoms with van der Waals surface area (Å²) in [5.41, 5.74) is 4.13. The number of nitrogens with zero attached hydrogens (tertiary/aromatic N) is 4. The number of allylic oxidation sites excluding steroid dienone is 1. The van der Waals surface area contributed by atoms with Crippen LogP contribution in [0.4, 0.5) is 8.78 Å². The molecule has 0 N–H and O–H groups in total. The van der Waals surface area contributed by atoms with Crippen molar-refractivity contribution in [2.75, 3.05) is 0 Å². The topological polar surface area (TPSA) is 85.7 Å². The van der Waals surface area contributed by atoms with Crippen LogP contribution in [0.15, 0.2) is 23.9 Å². The highest BCUT2D eigenvalue weighted by atomic mass is 32.1. The molecule has 2 aromatic carbocycles. The molecule has 0 spiro atoms. The highest BCUT2D eigenvalue weighted by Gasteiger charge is 2.34. The number of carbonyl (C=O) groups is 2. The minimum Gasteiger partial charge on any atom is -0.288 e. The molecule has 0 radical (unpaired) electrons. The number of aromatic nitrogens is 4. The zero-order chi connectivity index (χ0) is 20.4. The minimum absolute atomic E-state index is 0.156. The maximum atomic E-state index is 13.5. The molecule has 1 aliphatic carbocycles. The van der Waals surface area contributed by atoms with Gasteiger partial charge in [0, 0.05) is 22.3 Å². The van der Waals surface area contributed by atoms with Gasteiger partial charge in [0.25, 0.3) is 0 Å². The predicted molar refractivity (Wildman–Crippen MR) is 103 cm³/mol. The smallest absolute Gasteiger partial charge is 0.197 e. The summed E-state index contributed by atoms with van der Waals surface area (Å²) < 4.78 is 35.6. The van der Waals surface area contributed by atoms with Crippen LogP contribution in [-0.2, 0) is 0 Å². The van der Waals surface area contributed by atoms with Gasteiger partial charge in [0.2, 0.25) is 0 Å². The monoisotopic (exact) mass is 408 g/mol. The molecular weight excluding hydrogens is 398 g/mol. The van der Waals surface area contributed by atoms with Gasteiger partial charge in [-0.2, -0.15) is 8.75 Å². The Hall–Kier alpha value is -3.46. The molecule has 6 nitrogen and oxygen atoms in total. The predicted octanol–water partition coefficient (Wildman–Crippen LogP) is 3.99. The first kappa shape index (κ1) is 17.6. The summed E-state index contributed by atoms with van der Waals surface area (Å²) in [5.74, 6) is -3.69. The summed E-state index contributed by atoms with van der Waals surface area (Å²) >= 11 is 1.10. The molecule has 0 amide bonds. The number of rotatable bonds is 1. The molecule has 1 aliphatic rings. The second kappa shape index (κ2) is 6.02. The first-order chi connectivity index (χ1) is 13.9. The molecule has 5 rings (SSSR count). The van der Waals surface area contributed by atoms with E-state index in [2.05, 4.69) is 18.7 Å². The molecule has 29 heavy (non-hydrogen) atoms. The third-order valence-corrected chi connectivity index (χ3v) is 5.56. The number of ketones is 2. The molecule has 0 atom stereocenters. The van der Waals surface area contributed by atoms with Crippen LogP contribution in [0.3, 0.4) is 0 Å². The van der Waals surface area contributed by atoms with Crippen molar-refractivity contribution in [2.45, 2.75) is 13.8 Å². The Morgan fingerprint density at radius 2 is 1.41 bits per heavy atom. The van der Waals surface area contributed by atoms with Crippen molar-refractivity contribution >= 4 is 51.4 Å². The van der Waals surface area contributed by atoms with Crippen molar-refractivity contribution in [3.63, 3.8) is 0 Å². The Morgan fingerprint density at radius 1 is 0.862 bits per heavy atom. The number of fused-ring (bicyclic) bond motifs is 3. The van der Waals surface area contributed by atoms with Crippen LogP contribution in [0.1, 0.15) is 37.5 Å². The van der Waals surface area contributed by atoms with Crippen LogP contribution in [-0.4, -0.2) is 30.3 Å². The standard InChI is InChI=1S/C20H10F2N4O2S/c1-7-15-16(8(2)18-17(7)25-29-26-18)24-9(6-23-15)3-12-19(27)10-4-13(21)14(22)5-11(10)20(12)28/h3-6H,1-2H3. The van der Waals surface area contributed by atoms with E-state index in [0.29, 0.717) is 11.0 Å². The lowest BCUT2D eigenvalue weighted by Crippen LogP contribution is -2.02. The van der Waals surface area contributed by atoms with Crippen LogP contribution in [0.2, 0.25) is 0 Å². The maximum Gasteiger partial charge on any atom is 0.197 e. The molecule has 0 aliphatic heterocycles. The van der Waals surface area contributed by atoms with Crippen LogP contribution >= 0.6 is 11.7 Å². The molecule has 4 aromatic rings. The van der Waals surface area contributed by atoms with Crippen molar-refractivity contribution in [1.29, 1.82) is 0 Å². The lowest BCUT2D eigenvalue weighted by atomic mass is 10.1. The average Bonchev–Trinajstić information content (AvgIpc) is 3.28. The Labute approximate surface area is 166 Å². The molecule has 0 saturated carbocycles. The molecular formula is C20H10F2N4O2S. The highest BCUT2D eigenvalue weighted by Crippen LogP contribution is 2.31. The van der Waals surface area contributed by atoms with Crippen LogP contribution < -0.4 is 0 Å². The van der Waals surface area contributed by atoms with Gasteiger partial charge in [-0.1, -0.05) is 0 Å². The summed E-state index contributed by atoms with van der Waals surface area (Å²) in [4.78, 5) is 34.1. The van der Waals surface area contributed by atoms with Crippen LogP contribution in [0, 0.1) is 25.5 Å². The van der Waals surface area contributed by atoms with E-state index in [0.717, 1.165) is 46.0 Å². The molecule has 2 aromatic heterocycles. The quantitative estimate of drug-likeness (QED) is 0.350. The van der Waals surface area contributed by atoms with Crippen molar-refractivity contribution < 1.29 is 18.4 Å². The van der Waals surface area contributed by atoms with Crippen LogP contribution in [0.5, 0.6) is 0 Å². The molecule has 0 fully saturated rings. The zero-order valence-electron chi connectivity index (χ0n) is 15.1. The zero-order valence-corrected chi connectivity index (χ0v) is 15.9. The second-order valence-electron chi connectivity index (χ2n) is 6.73. The van der Waals surface area contributed by atoms with Gasteiger partial charge in [-0.25, -0.2) is 13.8 Å². The number of benzene rings is 2. The fraction of sp³-hybridized carbons (Fsp3) is 0.100. The molecule has 2 heterocycles. The van der Waals surface area contributed by atoms with Crippen LogP contribution in [0.25, 0.3) is 28.1 Å². The first-order valence-electron chi connectivity index (χ1n) is 8.55. The van der Waals surface area contributed by atoms with Gasteiger partial charge >= 0.3 is 0 Å². The van der Waals surface area contributed by atoms with E-state index in [4.69, 9.17) is 0 Å².